The molecule has 1 saturated heterocycles. The number of carboxylic acid groups (broad SMARTS) is 1. The highest BCUT2D eigenvalue weighted by atomic mass is 35.5. The van der Waals surface area contributed by atoms with Gasteiger partial charge in [0.25, 0.3) is 5.91 Å². The number of ether oxygens (including phenoxy) is 2. The molecule has 7 nitrogen and oxygen atoms in total. The molecule has 2 aromatic carbocycles. The van der Waals surface area contributed by atoms with Crippen LogP contribution in [-0.2, 0) is 25.5 Å². The molecule has 3 atom stereocenters. The number of amides is 1. The number of carboxylic acids is 1. The molecule has 0 radical (unpaired) electrons. The number of likely N-dealkylation sites (tertiary alicyclic amines) is 1. The van der Waals surface area contributed by atoms with Gasteiger partial charge in [-0.25, -0.2) is 4.79 Å². The van der Waals surface area contributed by atoms with Crippen molar-refractivity contribution in [3.05, 3.63) is 88.2 Å². The number of rotatable bonds is 7. The van der Waals surface area contributed by atoms with Crippen molar-refractivity contribution in [3.63, 3.8) is 0 Å². The summed E-state index contributed by atoms with van der Waals surface area (Å²) in [7, 11) is 2.88. The molecule has 8 heteroatoms. The van der Waals surface area contributed by atoms with Gasteiger partial charge in [-0.3, -0.25) is 4.79 Å². The maximum atomic E-state index is 14.2. The Kier molecular flexibility index (Phi) is 7.48. The molecule has 1 amide bonds. The predicted octanol–water partition coefficient (Wildman–Crippen LogP) is 4.93. The molecule has 2 aliphatic rings. The van der Waals surface area contributed by atoms with Gasteiger partial charge in [0.1, 0.15) is 11.8 Å². The Hall–Kier alpha value is -3.60. The van der Waals surface area contributed by atoms with Gasteiger partial charge in [-0.05, 0) is 47.2 Å². The van der Waals surface area contributed by atoms with Crippen LogP contribution in [0.2, 0.25) is 5.02 Å². The maximum Gasteiger partial charge on any atom is 0.326 e. The lowest BCUT2D eigenvalue weighted by molar-refractivity contribution is -0.163. The molecule has 0 aromatic heterocycles. The second-order valence-electron chi connectivity index (χ2n) is 8.78. The van der Waals surface area contributed by atoms with E-state index < -0.39 is 29.6 Å². The second-order valence-corrected chi connectivity index (χ2v) is 9.19. The summed E-state index contributed by atoms with van der Waals surface area (Å²) in [5, 5.41) is 19.7. The van der Waals surface area contributed by atoms with Crippen LogP contribution in [0.1, 0.15) is 42.0 Å². The Morgan fingerprint density at radius 1 is 1.17 bits per heavy atom. The molecule has 1 aliphatic heterocycles. The average Bonchev–Trinajstić information content (AvgIpc) is 3.34. The molecule has 0 saturated carbocycles. The molecule has 2 aromatic rings. The van der Waals surface area contributed by atoms with Crippen LogP contribution < -0.4 is 0 Å². The van der Waals surface area contributed by atoms with Crippen molar-refractivity contribution in [2.75, 3.05) is 14.2 Å². The Labute approximate surface area is 215 Å². The number of allylic oxidation sites excluding steroid dienone is 2. The Balaban J connectivity index is 1.76. The molecule has 1 unspecified atom stereocenters. The monoisotopic (exact) mass is 506 g/mol. The van der Waals surface area contributed by atoms with E-state index in [0.29, 0.717) is 23.4 Å². The second kappa shape index (κ2) is 10.6. The number of carbonyl (C=O) groups is 2. The van der Waals surface area contributed by atoms with Gasteiger partial charge >= 0.3 is 5.97 Å². The van der Waals surface area contributed by atoms with Gasteiger partial charge in [0.2, 0.25) is 5.60 Å². The number of nitrogens with zero attached hydrogens (tertiary/aromatic N) is 2. The van der Waals surface area contributed by atoms with Crippen LogP contribution in [0, 0.1) is 11.3 Å². The van der Waals surface area contributed by atoms with Crippen molar-refractivity contribution in [1.82, 2.24) is 4.90 Å². The lowest BCUT2D eigenvalue weighted by atomic mass is 9.84. The summed E-state index contributed by atoms with van der Waals surface area (Å²) in [6.45, 7) is 0. The van der Waals surface area contributed by atoms with Gasteiger partial charge < -0.3 is 19.5 Å². The number of hydrogen-bond acceptors (Lipinski definition) is 5. The zero-order chi connectivity index (χ0) is 25.9. The van der Waals surface area contributed by atoms with E-state index in [1.54, 1.807) is 18.2 Å². The van der Waals surface area contributed by atoms with Crippen molar-refractivity contribution >= 4 is 29.1 Å². The van der Waals surface area contributed by atoms with E-state index in [0.717, 1.165) is 16.7 Å². The number of aliphatic carboxylic acids is 1. The molecule has 4 rings (SSSR count). The summed E-state index contributed by atoms with van der Waals surface area (Å²) >= 11 is 6.45. The molecular weight excluding hydrogens is 480 g/mol. The van der Waals surface area contributed by atoms with Crippen LogP contribution in [0.5, 0.6) is 0 Å². The summed E-state index contributed by atoms with van der Waals surface area (Å²) in [5.41, 5.74) is 1.68. The molecule has 1 N–H and O–H groups in total. The van der Waals surface area contributed by atoms with Crippen molar-refractivity contribution in [1.29, 1.82) is 5.26 Å². The third-order valence-corrected chi connectivity index (χ3v) is 7.32. The highest BCUT2D eigenvalue weighted by molar-refractivity contribution is 6.31. The molecule has 0 spiro atoms. The van der Waals surface area contributed by atoms with E-state index in [9.17, 15) is 20.0 Å². The first-order valence-corrected chi connectivity index (χ1v) is 12.0. The van der Waals surface area contributed by atoms with Gasteiger partial charge in [-0.15, -0.1) is 0 Å². The molecule has 1 fully saturated rings. The summed E-state index contributed by atoms with van der Waals surface area (Å²) in [4.78, 5) is 27.8. The highest BCUT2D eigenvalue weighted by Gasteiger charge is 2.53. The number of carbonyl (C=O) groups excluding carboxylic acids is 1. The first-order chi connectivity index (χ1) is 17.4. The first-order valence-electron chi connectivity index (χ1n) is 11.6. The summed E-state index contributed by atoms with van der Waals surface area (Å²) in [6, 6.07) is 15.4. The van der Waals surface area contributed by atoms with E-state index in [-0.39, 0.29) is 18.6 Å². The van der Waals surface area contributed by atoms with Crippen molar-refractivity contribution in [2.24, 2.45) is 0 Å². The molecular formula is C28H27ClN2O5. The van der Waals surface area contributed by atoms with E-state index in [2.05, 4.69) is 6.07 Å². The van der Waals surface area contributed by atoms with E-state index >= 15 is 0 Å². The van der Waals surface area contributed by atoms with Gasteiger partial charge in [0, 0.05) is 18.6 Å². The molecule has 1 heterocycles. The van der Waals surface area contributed by atoms with Crippen molar-refractivity contribution in [2.45, 2.75) is 43.4 Å². The quantitative estimate of drug-likeness (QED) is 0.571. The number of methoxy groups -OCH3 is 2. The highest BCUT2D eigenvalue weighted by Crippen LogP contribution is 2.44. The fourth-order valence-electron chi connectivity index (χ4n) is 5.18. The third kappa shape index (κ3) is 4.39. The predicted molar refractivity (Wildman–Crippen MR) is 135 cm³/mol. The molecule has 0 bridgehead atoms. The van der Waals surface area contributed by atoms with Gasteiger partial charge in [0.05, 0.1) is 25.6 Å². The minimum atomic E-state index is -1.54. The Morgan fingerprint density at radius 3 is 2.56 bits per heavy atom. The van der Waals surface area contributed by atoms with Crippen molar-refractivity contribution < 1.29 is 24.2 Å². The zero-order valence-electron chi connectivity index (χ0n) is 20.1. The van der Waals surface area contributed by atoms with E-state index in [1.165, 1.54) is 19.1 Å². The van der Waals surface area contributed by atoms with Crippen LogP contribution in [0.15, 0.2) is 66.4 Å². The summed E-state index contributed by atoms with van der Waals surface area (Å²) in [5.74, 6) is -1.30. The zero-order valence-corrected chi connectivity index (χ0v) is 20.9. The standard InChI is InChI=1S/C28H27ClN2O5/c1-35-25-17-19(20-8-4-3-7-18(20)14-16-30)13-15-28(25,36-2)27(34)31-23(11-12-24(31)26(32)33)21-9-5-6-10-22(21)29/h3-10,13,17,23-24H,11-12,14-15H2,1-2H3,(H,32,33)/t23-,24+,28?/m1/s1. The average molecular weight is 507 g/mol. The normalized spacial score (nSPS) is 23.4. The Bertz CT molecular complexity index is 1280. The lowest BCUT2D eigenvalue weighted by Crippen LogP contribution is -2.55. The molecule has 186 valence electrons. The Morgan fingerprint density at radius 2 is 1.89 bits per heavy atom. The summed E-state index contributed by atoms with van der Waals surface area (Å²) in [6.07, 6.45) is 4.74. The maximum absolute atomic E-state index is 14.2. The number of hydrogen-bond donors (Lipinski definition) is 1. The van der Waals surface area contributed by atoms with Crippen molar-refractivity contribution in [3.8, 4) is 6.07 Å². The third-order valence-electron chi connectivity index (χ3n) is 6.97. The first kappa shape index (κ1) is 25.5. The van der Waals surface area contributed by atoms with Gasteiger partial charge in [0.15, 0.2) is 0 Å². The minimum Gasteiger partial charge on any atom is -0.497 e. The number of benzene rings is 2. The topological polar surface area (TPSA) is 99.9 Å². The van der Waals surface area contributed by atoms with Crippen LogP contribution in [0.25, 0.3) is 5.57 Å². The summed E-state index contributed by atoms with van der Waals surface area (Å²) < 4.78 is 11.6. The van der Waals surface area contributed by atoms with Crippen LogP contribution >= 0.6 is 11.6 Å². The van der Waals surface area contributed by atoms with Gasteiger partial charge in [-0.2, -0.15) is 5.26 Å². The largest absolute Gasteiger partial charge is 0.497 e. The smallest absolute Gasteiger partial charge is 0.326 e. The van der Waals surface area contributed by atoms with Crippen LogP contribution in [0.3, 0.4) is 0 Å². The van der Waals surface area contributed by atoms with Crippen LogP contribution in [0.4, 0.5) is 0 Å². The lowest BCUT2D eigenvalue weighted by Gasteiger charge is -2.40. The van der Waals surface area contributed by atoms with Crippen LogP contribution in [-0.4, -0.2) is 47.7 Å². The number of nitriles is 1. The molecule has 1 aliphatic carbocycles. The SMILES string of the molecule is COC1=CC(c2ccccc2CC#N)=CCC1(OC)C(=O)N1[C@@H](c2ccccc2Cl)CC[C@H]1C(=O)O. The fraction of sp³-hybridized carbons (Fsp3) is 0.321. The van der Waals surface area contributed by atoms with E-state index in [4.69, 9.17) is 21.1 Å². The van der Waals surface area contributed by atoms with E-state index in [1.807, 2.05) is 42.5 Å². The number of halogens is 1. The fourth-order valence-corrected chi connectivity index (χ4v) is 5.45. The molecule has 36 heavy (non-hydrogen) atoms. The minimum absolute atomic E-state index is 0.135. The van der Waals surface area contributed by atoms with Gasteiger partial charge in [-0.1, -0.05) is 60.1 Å².